The molecule has 1 atom stereocenters. The Hall–Kier alpha value is -1.01. The average Bonchev–Trinajstić information content (AvgIpc) is 2.26. The van der Waals surface area contributed by atoms with Gasteiger partial charge in [0.2, 0.25) is 0 Å². The first-order chi connectivity index (χ1) is 6.88. The SMILES string of the molecule is CCC(CCSC#N)c1ccccn1. The highest BCUT2D eigenvalue weighted by Crippen LogP contribution is 2.22. The van der Waals surface area contributed by atoms with Gasteiger partial charge < -0.3 is 0 Å². The van der Waals surface area contributed by atoms with Crippen LogP contribution in [-0.2, 0) is 0 Å². The van der Waals surface area contributed by atoms with Crippen molar-refractivity contribution in [3.63, 3.8) is 0 Å². The Labute approximate surface area is 89.4 Å². The first kappa shape index (κ1) is 11.1. The third kappa shape index (κ3) is 3.39. The zero-order valence-electron chi connectivity index (χ0n) is 8.31. The maximum Gasteiger partial charge on any atom is 0.133 e. The lowest BCUT2D eigenvalue weighted by Gasteiger charge is -2.12. The number of thiocyanates is 1. The van der Waals surface area contributed by atoms with Crippen molar-refractivity contribution in [3.8, 4) is 5.40 Å². The van der Waals surface area contributed by atoms with E-state index in [0.717, 1.165) is 24.3 Å². The van der Waals surface area contributed by atoms with Crippen molar-refractivity contribution in [1.29, 1.82) is 5.26 Å². The molecule has 0 bridgehead atoms. The summed E-state index contributed by atoms with van der Waals surface area (Å²) >= 11 is 1.32. The van der Waals surface area contributed by atoms with E-state index in [-0.39, 0.29) is 0 Å². The van der Waals surface area contributed by atoms with Crippen LogP contribution in [0.4, 0.5) is 0 Å². The summed E-state index contributed by atoms with van der Waals surface area (Å²) in [6.45, 7) is 2.16. The van der Waals surface area contributed by atoms with E-state index in [2.05, 4.69) is 23.4 Å². The molecule has 0 amide bonds. The highest BCUT2D eigenvalue weighted by molar-refractivity contribution is 8.03. The number of rotatable bonds is 5. The molecule has 0 N–H and O–H groups in total. The lowest BCUT2D eigenvalue weighted by atomic mass is 9.99. The van der Waals surface area contributed by atoms with Gasteiger partial charge in [0.05, 0.1) is 0 Å². The number of pyridine rings is 1. The molecular formula is C11H14N2S. The Bertz CT molecular complexity index is 292. The van der Waals surface area contributed by atoms with E-state index in [1.54, 1.807) is 0 Å². The topological polar surface area (TPSA) is 36.7 Å². The second-order valence-electron chi connectivity index (χ2n) is 3.09. The van der Waals surface area contributed by atoms with Gasteiger partial charge in [-0.2, -0.15) is 5.26 Å². The number of thioether (sulfide) groups is 1. The minimum absolute atomic E-state index is 0.497. The summed E-state index contributed by atoms with van der Waals surface area (Å²) in [4.78, 5) is 4.34. The first-order valence-corrected chi connectivity index (χ1v) is 5.78. The van der Waals surface area contributed by atoms with E-state index in [1.165, 1.54) is 11.8 Å². The number of aromatic nitrogens is 1. The molecule has 1 aromatic rings. The van der Waals surface area contributed by atoms with Crippen molar-refractivity contribution in [2.75, 3.05) is 5.75 Å². The van der Waals surface area contributed by atoms with Gasteiger partial charge in [-0.1, -0.05) is 13.0 Å². The van der Waals surface area contributed by atoms with Crippen LogP contribution in [0.25, 0.3) is 0 Å². The van der Waals surface area contributed by atoms with Crippen LogP contribution in [0, 0.1) is 10.7 Å². The minimum Gasteiger partial charge on any atom is -0.261 e. The summed E-state index contributed by atoms with van der Waals surface area (Å²) in [7, 11) is 0. The average molecular weight is 206 g/mol. The summed E-state index contributed by atoms with van der Waals surface area (Å²) in [5, 5.41) is 10.5. The molecule has 0 saturated carbocycles. The number of nitrogens with zero attached hydrogens (tertiary/aromatic N) is 2. The van der Waals surface area contributed by atoms with Crippen molar-refractivity contribution in [3.05, 3.63) is 30.1 Å². The molecule has 0 aliphatic carbocycles. The highest BCUT2D eigenvalue weighted by Gasteiger charge is 2.09. The van der Waals surface area contributed by atoms with Gasteiger partial charge in [0.25, 0.3) is 0 Å². The Kier molecular flexibility index (Phi) is 5.09. The van der Waals surface area contributed by atoms with E-state index < -0.39 is 0 Å². The minimum atomic E-state index is 0.497. The summed E-state index contributed by atoms with van der Waals surface area (Å²) in [5.41, 5.74) is 1.15. The maximum atomic E-state index is 8.42. The summed E-state index contributed by atoms with van der Waals surface area (Å²) in [5.74, 6) is 1.39. The van der Waals surface area contributed by atoms with Crippen molar-refractivity contribution < 1.29 is 0 Å². The lowest BCUT2D eigenvalue weighted by molar-refractivity contribution is 0.628. The molecule has 1 unspecified atom stereocenters. The van der Waals surface area contributed by atoms with E-state index >= 15 is 0 Å². The number of nitriles is 1. The van der Waals surface area contributed by atoms with E-state index in [1.807, 2.05) is 18.3 Å². The largest absolute Gasteiger partial charge is 0.261 e. The van der Waals surface area contributed by atoms with Crippen LogP contribution >= 0.6 is 11.8 Å². The van der Waals surface area contributed by atoms with Crippen LogP contribution in [0.1, 0.15) is 31.4 Å². The second kappa shape index (κ2) is 6.44. The lowest BCUT2D eigenvalue weighted by Crippen LogP contribution is -2.00. The molecule has 0 aliphatic heterocycles. The Morgan fingerprint density at radius 1 is 1.57 bits per heavy atom. The van der Waals surface area contributed by atoms with Gasteiger partial charge >= 0.3 is 0 Å². The number of hydrogen-bond acceptors (Lipinski definition) is 3. The fourth-order valence-corrected chi connectivity index (χ4v) is 1.92. The van der Waals surface area contributed by atoms with E-state index in [0.29, 0.717) is 5.92 Å². The molecule has 0 radical (unpaired) electrons. The molecule has 0 fully saturated rings. The van der Waals surface area contributed by atoms with E-state index in [4.69, 9.17) is 5.26 Å². The molecule has 74 valence electrons. The first-order valence-electron chi connectivity index (χ1n) is 4.80. The smallest absolute Gasteiger partial charge is 0.133 e. The van der Waals surface area contributed by atoms with Crippen LogP contribution in [0.5, 0.6) is 0 Å². The predicted octanol–water partition coefficient (Wildman–Crippen LogP) is 3.18. The monoisotopic (exact) mass is 206 g/mol. The fraction of sp³-hybridized carbons (Fsp3) is 0.455. The highest BCUT2D eigenvalue weighted by atomic mass is 32.2. The van der Waals surface area contributed by atoms with E-state index in [9.17, 15) is 0 Å². The van der Waals surface area contributed by atoms with Crippen molar-refractivity contribution in [2.45, 2.75) is 25.7 Å². The maximum absolute atomic E-state index is 8.42. The molecule has 1 heterocycles. The molecule has 0 saturated heterocycles. The normalized spacial score (nSPS) is 12.0. The molecule has 0 aliphatic rings. The molecule has 0 spiro atoms. The fourth-order valence-electron chi connectivity index (χ4n) is 1.43. The standard InChI is InChI=1S/C11H14N2S/c1-2-10(6-8-14-9-12)11-5-3-4-7-13-11/h3-5,7,10H,2,6,8H2,1H3. The Balaban J connectivity index is 2.51. The molecular weight excluding hydrogens is 192 g/mol. The quantitative estimate of drug-likeness (QED) is 0.548. The summed E-state index contributed by atoms with van der Waals surface area (Å²) in [6, 6.07) is 6.01. The van der Waals surface area contributed by atoms with Gasteiger partial charge in [-0.3, -0.25) is 4.98 Å². The van der Waals surface area contributed by atoms with Crippen LogP contribution in [0.2, 0.25) is 0 Å². The van der Waals surface area contributed by atoms with Crippen LogP contribution < -0.4 is 0 Å². The molecule has 14 heavy (non-hydrogen) atoms. The molecule has 1 aromatic heterocycles. The number of hydrogen-bond donors (Lipinski definition) is 0. The van der Waals surface area contributed by atoms with Gasteiger partial charge in [0.1, 0.15) is 5.40 Å². The Morgan fingerprint density at radius 2 is 2.43 bits per heavy atom. The van der Waals surface area contributed by atoms with Gasteiger partial charge in [0.15, 0.2) is 0 Å². The predicted molar refractivity (Wildman–Crippen MR) is 60.0 cm³/mol. The Morgan fingerprint density at radius 3 is 3.00 bits per heavy atom. The van der Waals surface area contributed by atoms with Gasteiger partial charge in [-0.25, -0.2) is 0 Å². The zero-order valence-corrected chi connectivity index (χ0v) is 9.13. The van der Waals surface area contributed by atoms with Crippen molar-refractivity contribution >= 4 is 11.8 Å². The molecule has 3 heteroatoms. The van der Waals surface area contributed by atoms with Crippen LogP contribution in [0.15, 0.2) is 24.4 Å². The molecule has 2 nitrogen and oxygen atoms in total. The molecule has 1 rings (SSSR count). The van der Waals surface area contributed by atoms with Gasteiger partial charge in [-0.05, 0) is 36.7 Å². The second-order valence-corrected chi connectivity index (χ2v) is 3.97. The summed E-state index contributed by atoms with van der Waals surface area (Å²) in [6.07, 6.45) is 3.95. The van der Waals surface area contributed by atoms with Crippen LogP contribution in [-0.4, -0.2) is 10.7 Å². The zero-order chi connectivity index (χ0) is 10.2. The molecule has 0 aromatic carbocycles. The van der Waals surface area contributed by atoms with Crippen molar-refractivity contribution in [1.82, 2.24) is 4.98 Å². The van der Waals surface area contributed by atoms with Crippen LogP contribution in [0.3, 0.4) is 0 Å². The van der Waals surface area contributed by atoms with Gasteiger partial charge in [0, 0.05) is 23.6 Å². The van der Waals surface area contributed by atoms with Gasteiger partial charge in [-0.15, -0.1) is 0 Å². The van der Waals surface area contributed by atoms with Crippen molar-refractivity contribution in [2.24, 2.45) is 0 Å². The summed E-state index contributed by atoms with van der Waals surface area (Å²) < 4.78 is 0. The third-order valence-electron chi connectivity index (χ3n) is 2.23. The third-order valence-corrected chi connectivity index (χ3v) is 2.80.